The van der Waals surface area contributed by atoms with Gasteiger partial charge in [0.2, 0.25) is 0 Å². The lowest BCUT2D eigenvalue weighted by molar-refractivity contribution is 0.301. The third kappa shape index (κ3) is 3.65. The minimum absolute atomic E-state index is 0.381. The van der Waals surface area contributed by atoms with Gasteiger partial charge in [-0.15, -0.1) is 0 Å². The van der Waals surface area contributed by atoms with Crippen LogP contribution in [0.15, 0.2) is 72.9 Å². The van der Waals surface area contributed by atoms with Crippen LogP contribution in [0.1, 0.15) is 48.1 Å². The van der Waals surface area contributed by atoms with E-state index in [2.05, 4.69) is 67.4 Å². The molecule has 4 rings (SSSR count). The molecule has 1 fully saturated rings. The summed E-state index contributed by atoms with van der Waals surface area (Å²) in [4.78, 5) is 4.30. The molecule has 1 heterocycles. The molecule has 3 aromatic rings. The van der Waals surface area contributed by atoms with Gasteiger partial charge in [-0.25, -0.2) is 0 Å². The highest BCUT2D eigenvalue weighted by molar-refractivity contribution is 5.40. The van der Waals surface area contributed by atoms with Crippen LogP contribution in [0.4, 0.5) is 0 Å². The Labute approximate surface area is 155 Å². The van der Waals surface area contributed by atoms with E-state index in [-0.39, 0.29) is 0 Å². The van der Waals surface area contributed by atoms with Crippen molar-refractivity contribution in [2.24, 2.45) is 5.41 Å². The van der Waals surface area contributed by atoms with Crippen molar-refractivity contribution in [2.75, 3.05) is 0 Å². The van der Waals surface area contributed by atoms with Crippen LogP contribution in [-0.2, 0) is 6.61 Å². The number of aryl methyl sites for hydroxylation is 1. The molecule has 2 aromatic carbocycles. The van der Waals surface area contributed by atoms with Gasteiger partial charge >= 0.3 is 0 Å². The fourth-order valence-corrected chi connectivity index (χ4v) is 3.64. The molecule has 1 aliphatic carbocycles. The number of aromatic nitrogens is 1. The van der Waals surface area contributed by atoms with Crippen LogP contribution in [0.25, 0.3) is 0 Å². The Kier molecular flexibility index (Phi) is 4.50. The van der Waals surface area contributed by atoms with E-state index in [0.717, 1.165) is 11.4 Å². The van der Waals surface area contributed by atoms with Crippen molar-refractivity contribution in [3.8, 4) is 5.75 Å². The Morgan fingerprint density at radius 2 is 1.58 bits per heavy atom. The van der Waals surface area contributed by atoms with E-state index < -0.39 is 0 Å². The lowest BCUT2D eigenvalue weighted by Gasteiger charge is -2.25. The third-order valence-corrected chi connectivity index (χ3v) is 5.47. The maximum absolute atomic E-state index is 5.89. The summed E-state index contributed by atoms with van der Waals surface area (Å²) in [6, 6.07) is 23.5. The Morgan fingerprint density at radius 1 is 0.923 bits per heavy atom. The van der Waals surface area contributed by atoms with Crippen LogP contribution in [0.5, 0.6) is 5.75 Å². The van der Waals surface area contributed by atoms with E-state index in [1.165, 1.54) is 29.5 Å². The van der Waals surface area contributed by atoms with Crippen molar-refractivity contribution in [1.82, 2.24) is 4.98 Å². The van der Waals surface area contributed by atoms with Gasteiger partial charge in [-0.05, 0) is 60.6 Å². The number of rotatable bonds is 6. The van der Waals surface area contributed by atoms with E-state index in [0.29, 0.717) is 17.9 Å². The van der Waals surface area contributed by atoms with E-state index in [1.54, 1.807) is 6.20 Å². The Bertz CT molecular complexity index is 849. The first-order valence-corrected chi connectivity index (χ1v) is 9.33. The maximum atomic E-state index is 5.89. The van der Waals surface area contributed by atoms with Crippen molar-refractivity contribution in [1.29, 1.82) is 0 Å². The third-order valence-electron chi connectivity index (χ3n) is 5.47. The summed E-state index contributed by atoms with van der Waals surface area (Å²) in [6.45, 7) is 5.05. The largest absolute Gasteiger partial charge is 0.487 e. The van der Waals surface area contributed by atoms with Crippen LogP contribution < -0.4 is 4.74 Å². The molecule has 2 nitrogen and oxygen atoms in total. The minimum atomic E-state index is 0.381. The van der Waals surface area contributed by atoms with Crippen molar-refractivity contribution >= 4 is 0 Å². The Balaban J connectivity index is 1.53. The summed E-state index contributed by atoms with van der Waals surface area (Å²) in [6.07, 6.45) is 4.39. The molecule has 0 aliphatic heterocycles. The van der Waals surface area contributed by atoms with E-state index in [4.69, 9.17) is 4.74 Å². The molecule has 0 N–H and O–H groups in total. The topological polar surface area (TPSA) is 22.1 Å². The number of pyridine rings is 1. The Morgan fingerprint density at radius 3 is 2.15 bits per heavy atom. The summed E-state index contributed by atoms with van der Waals surface area (Å²) in [5, 5.41) is 0. The van der Waals surface area contributed by atoms with Crippen molar-refractivity contribution in [3.63, 3.8) is 0 Å². The summed E-state index contributed by atoms with van der Waals surface area (Å²) >= 11 is 0. The Hall–Kier alpha value is -2.61. The highest BCUT2D eigenvalue weighted by atomic mass is 16.5. The van der Waals surface area contributed by atoms with Crippen LogP contribution in [-0.4, -0.2) is 4.98 Å². The van der Waals surface area contributed by atoms with Crippen LogP contribution in [0.2, 0.25) is 0 Å². The molecule has 0 saturated heterocycles. The van der Waals surface area contributed by atoms with Gasteiger partial charge in [-0.2, -0.15) is 0 Å². The normalized spacial score (nSPS) is 16.1. The second-order valence-corrected chi connectivity index (χ2v) is 7.68. The van der Waals surface area contributed by atoms with Gasteiger partial charge in [0.15, 0.2) is 0 Å². The fraction of sp³-hybridized carbons (Fsp3) is 0.292. The number of nitrogens with zero attached hydrogens (tertiary/aromatic N) is 1. The van der Waals surface area contributed by atoms with Gasteiger partial charge in [0.05, 0.1) is 5.69 Å². The predicted octanol–water partition coefficient (Wildman–Crippen LogP) is 5.90. The van der Waals surface area contributed by atoms with Crippen LogP contribution in [0, 0.1) is 12.3 Å². The van der Waals surface area contributed by atoms with Gasteiger partial charge in [-0.3, -0.25) is 4.98 Å². The number of hydrogen-bond donors (Lipinski definition) is 0. The maximum Gasteiger partial charge on any atom is 0.130 e. The van der Waals surface area contributed by atoms with Crippen LogP contribution >= 0.6 is 0 Å². The van der Waals surface area contributed by atoms with E-state index in [1.807, 2.05) is 18.2 Å². The molecule has 2 heteroatoms. The van der Waals surface area contributed by atoms with E-state index in [9.17, 15) is 0 Å². The highest BCUT2D eigenvalue weighted by Gasteiger charge is 2.45. The quantitative estimate of drug-likeness (QED) is 0.556. The fourth-order valence-electron chi connectivity index (χ4n) is 3.64. The van der Waals surface area contributed by atoms with Gasteiger partial charge in [0.25, 0.3) is 0 Å². The first-order chi connectivity index (χ1) is 12.6. The number of benzene rings is 2. The molecule has 0 amide bonds. The molecule has 1 aromatic heterocycles. The minimum Gasteiger partial charge on any atom is -0.487 e. The molecule has 0 spiro atoms. The number of hydrogen-bond acceptors (Lipinski definition) is 2. The molecule has 1 atom stereocenters. The van der Waals surface area contributed by atoms with Crippen molar-refractivity contribution in [3.05, 3.63) is 95.3 Å². The highest BCUT2D eigenvalue weighted by Crippen LogP contribution is 2.58. The molecule has 26 heavy (non-hydrogen) atoms. The average Bonchev–Trinajstić information content (AvgIpc) is 3.42. The molecule has 0 radical (unpaired) electrons. The van der Waals surface area contributed by atoms with Gasteiger partial charge in [-0.1, -0.05) is 55.0 Å². The van der Waals surface area contributed by atoms with Crippen molar-refractivity contribution < 1.29 is 4.74 Å². The first kappa shape index (κ1) is 16.8. The molecular weight excluding hydrogens is 318 g/mol. The number of ether oxygens (including phenoxy) is 1. The van der Waals surface area contributed by atoms with Gasteiger partial charge in [0.1, 0.15) is 12.4 Å². The second-order valence-electron chi connectivity index (χ2n) is 7.68. The monoisotopic (exact) mass is 343 g/mol. The molecule has 1 unspecified atom stereocenters. The lowest BCUT2D eigenvalue weighted by Crippen LogP contribution is -2.12. The molecular formula is C24H25NO. The SMILES string of the molecule is Cc1ccc(C(c2ccc(OCc3ccccn3)cc2)C2(C)CC2)cc1. The lowest BCUT2D eigenvalue weighted by atomic mass is 9.79. The summed E-state index contributed by atoms with van der Waals surface area (Å²) in [5.41, 5.74) is 5.43. The first-order valence-electron chi connectivity index (χ1n) is 9.33. The van der Waals surface area contributed by atoms with Gasteiger partial charge in [0, 0.05) is 12.1 Å². The zero-order valence-corrected chi connectivity index (χ0v) is 15.5. The predicted molar refractivity (Wildman–Crippen MR) is 105 cm³/mol. The molecule has 132 valence electrons. The van der Waals surface area contributed by atoms with E-state index >= 15 is 0 Å². The summed E-state index contributed by atoms with van der Waals surface area (Å²) in [7, 11) is 0. The van der Waals surface area contributed by atoms with Crippen molar-refractivity contribution in [2.45, 2.75) is 39.2 Å². The zero-order valence-electron chi connectivity index (χ0n) is 15.5. The molecule has 1 aliphatic rings. The summed E-state index contributed by atoms with van der Waals surface area (Å²) in [5.74, 6) is 1.34. The standard InChI is InChI=1S/C24H25NO/c1-18-6-8-19(9-7-18)23(24(2)14-15-24)20-10-12-22(13-11-20)26-17-21-5-3-4-16-25-21/h3-13,16,23H,14-15,17H2,1-2H3. The van der Waals surface area contributed by atoms with Gasteiger partial charge < -0.3 is 4.74 Å². The zero-order chi connectivity index (χ0) is 18.0. The smallest absolute Gasteiger partial charge is 0.130 e. The summed E-state index contributed by atoms with van der Waals surface area (Å²) < 4.78 is 5.89. The average molecular weight is 343 g/mol. The second kappa shape index (κ2) is 6.95. The molecule has 1 saturated carbocycles. The molecule has 0 bridgehead atoms. The van der Waals surface area contributed by atoms with Crippen LogP contribution in [0.3, 0.4) is 0 Å².